The number of ether oxygens (including phenoxy) is 1. The first-order valence-electron chi connectivity index (χ1n) is 3.44. The van der Waals surface area contributed by atoms with E-state index in [1.165, 1.54) is 12.8 Å². The van der Waals surface area contributed by atoms with Crippen LogP contribution in [-0.4, -0.2) is 11.7 Å². The predicted molar refractivity (Wildman–Crippen MR) is 44.4 cm³/mol. The molecule has 0 unspecified atom stereocenters. The molecule has 1 fully saturated rings. The Hall–Kier alpha value is -0.938. The van der Waals surface area contributed by atoms with E-state index in [1.807, 2.05) is 0 Å². The minimum atomic E-state index is 0.755. The fraction of sp³-hybridized carbons (Fsp3) is 0.400. The zero-order valence-electron chi connectivity index (χ0n) is 8.85. The summed E-state index contributed by atoms with van der Waals surface area (Å²) in [4.78, 5) is 0. The van der Waals surface area contributed by atoms with Gasteiger partial charge in [-0.05, 0) is 0 Å². The molecule has 0 aromatic heterocycles. The van der Waals surface area contributed by atoms with Gasteiger partial charge in [0.2, 0.25) is 0 Å². The summed E-state index contributed by atoms with van der Waals surface area (Å²) >= 11 is 2.88. The van der Waals surface area contributed by atoms with Gasteiger partial charge in [0.05, 0.1) is 0 Å². The molecular weight excluding hydrogens is 268 g/mol. The van der Waals surface area contributed by atoms with E-state index in [9.17, 15) is 0 Å². The third-order valence-electron chi connectivity index (χ3n) is 1.11. The van der Waals surface area contributed by atoms with E-state index >= 15 is 0 Å². The van der Waals surface area contributed by atoms with E-state index < -0.39 is 0 Å². The van der Waals surface area contributed by atoms with Crippen molar-refractivity contribution >= 4 is 4.57 Å². The maximum atomic E-state index is 7.50. The molecule has 0 spiro atoms. The van der Waals surface area contributed by atoms with Crippen LogP contribution in [0.25, 0.3) is 0 Å². The molecule has 7 heteroatoms. The number of rotatable bonds is 2. The van der Waals surface area contributed by atoms with E-state index in [2.05, 4.69) is 49.1 Å². The molecule has 0 amide bonds. The first kappa shape index (κ1) is 29.8. The summed E-state index contributed by atoms with van der Waals surface area (Å²) in [5.41, 5.74) is 0. The molecule has 0 aromatic carbocycles. The summed E-state index contributed by atoms with van der Waals surface area (Å²) in [5.74, 6) is 0.755. The van der Waals surface area contributed by atoms with Gasteiger partial charge in [-0.15, -0.1) is 0 Å². The molecule has 0 bridgehead atoms. The first-order chi connectivity index (χ1) is 8.34. The third-order valence-corrected chi connectivity index (χ3v) is 1.89. The van der Waals surface area contributed by atoms with Crippen LogP contribution in [0.2, 0.25) is 0 Å². The Labute approximate surface area is 108 Å². The van der Waals surface area contributed by atoms with Gasteiger partial charge in [-0.2, -0.15) is 0 Å². The normalized spacial score (nSPS) is 8.65. The molecule has 0 radical (unpaired) electrons. The van der Waals surface area contributed by atoms with Gasteiger partial charge in [0, 0.05) is 0 Å². The summed E-state index contributed by atoms with van der Waals surface area (Å²) in [7, 11) is 1.71. The van der Waals surface area contributed by atoms with Crippen molar-refractivity contribution in [2.24, 2.45) is 5.92 Å². The fourth-order valence-electron chi connectivity index (χ4n) is 0.486. The number of hydrogen-bond donors (Lipinski definition) is 0. The van der Waals surface area contributed by atoms with Crippen molar-refractivity contribution in [3.8, 4) is 0 Å². The van der Waals surface area contributed by atoms with Crippen LogP contribution in [0.5, 0.6) is 0 Å². The summed E-state index contributed by atoms with van der Waals surface area (Å²) in [5, 5.41) is 0. The summed E-state index contributed by atoms with van der Waals surface area (Å²) in [6.07, 6.45) is 2.63. The zero-order chi connectivity index (χ0) is 15.3. The molecule has 90 valence electrons. The van der Waals surface area contributed by atoms with Crippen molar-refractivity contribution < 1.29 is 43.8 Å². The Bertz CT molecular complexity index is 211. The molecule has 1 aliphatic rings. The van der Waals surface area contributed by atoms with Crippen LogP contribution in [0.15, 0.2) is 0 Å². The second-order valence-electron chi connectivity index (χ2n) is 1.80. The topological polar surface area (TPSA) is 109 Å². The SMILES string of the molecule is CO[C](=[Cr])C1CC1.[C-]#[O+].[C-]#[O+].[C-]#[O+].[C-]#[O+].[C-]#[O+]. The number of methoxy groups -OCH3 is 1. The molecule has 0 saturated heterocycles. The van der Waals surface area contributed by atoms with Crippen LogP contribution in [0, 0.1) is 39.2 Å². The molecule has 1 saturated carbocycles. The monoisotopic (exact) mass is 276 g/mol. The van der Waals surface area contributed by atoms with Gasteiger partial charge in [0.1, 0.15) is 0 Å². The van der Waals surface area contributed by atoms with Crippen LogP contribution in [0.4, 0.5) is 0 Å². The molecule has 0 heterocycles. The van der Waals surface area contributed by atoms with Gasteiger partial charge < -0.3 is 0 Å². The van der Waals surface area contributed by atoms with Gasteiger partial charge in [-0.25, -0.2) is 0 Å². The fourth-order valence-corrected chi connectivity index (χ4v) is 0.854. The quantitative estimate of drug-likeness (QED) is 0.532. The average Bonchev–Trinajstić information content (AvgIpc) is 3.33. The molecule has 1 aliphatic carbocycles. The van der Waals surface area contributed by atoms with Crippen LogP contribution in [0.1, 0.15) is 12.8 Å². The Morgan fingerprint density at radius 1 is 0.882 bits per heavy atom. The molecule has 0 aromatic rings. The molecule has 6 nitrogen and oxygen atoms in total. The standard InChI is InChI=1S/C5H8O.5CO.Cr/c1-6-4-5-2-3-5;5*1-2;/h5H,2-3H2,1H3;;;;;;. The summed E-state index contributed by atoms with van der Waals surface area (Å²) in [6.45, 7) is 22.5. The second-order valence-corrected chi connectivity index (χ2v) is 2.43. The van der Waals surface area contributed by atoms with Crippen LogP contribution < -0.4 is 0 Å². The minimum absolute atomic E-state index is 0.755. The van der Waals surface area contributed by atoms with E-state index in [-0.39, 0.29) is 0 Å². The first-order valence-corrected chi connectivity index (χ1v) is 4.08. The van der Waals surface area contributed by atoms with Gasteiger partial charge in [0.15, 0.2) is 0 Å². The Morgan fingerprint density at radius 2 is 1.12 bits per heavy atom. The van der Waals surface area contributed by atoms with Crippen LogP contribution >= 0.6 is 0 Å². The summed E-state index contributed by atoms with van der Waals surface area (Å²) in [6, 6.07) is 0. The number of hydrogen-bond acceptors (Lipinski definition) is 1. The molecule has 17 heavy (non-hydrogen) atoms. The maximum absolute atomic E-state index is 7.50. The third kappa shape index (κ3) is 39.5. The van der Waals surface area contributed by atoms with Crippen molar-refractivity contribution in [3.05, 3.63) is 33.3 Å². The van der Waals surface area contributed by atoms with E-state index in [0.717, 1.165) is 10.5 Å². The van der Waals surface area contributed by atoms with Gasteiger partial charge in [0.25, 0.3) is 0 Å². The Kier molecular flexibility index (Phi) is 80.3. The Morgan fingerprint density at radius 3 is 1.18 bits per heavy atom. The predicted octanol–water partition coefficient (Wildman–Crippen LogP) is 0.532. The van der Waals surface area contributed by atoms with Crippen molar-refractivity contribution in [1.29, 1.82) is 0 Å². The van der Waals surface area contributed by atoms with E-state index in [1.54, 1.807) is 7.11 Å². The van der Waals surface area contributed by atoms with Crippen LogP contribution in [-0.2, 0) is 43.8 Å². The van der Waals surface area contributed by atoms with E-state index in [4.69, 9.17) is 28.0 Å². The summed E-state index contributed by atoms with van der Waals surface area (Å²) < 4.78 is 43.5. The van der Waals surface area contributed by atoms with E-state index in [0.29, 0.717) is 0 Å². The molecular formula is C10H8CrO6. The van der Waals surface area contributed by atoms with Gasteiger partial charge in [-0.3, -0.25) is 0 Å². The Balaban J connectivity index is -0.0000000413. The van der Waals surface area contributed by atoms with Gasteiger partial charge >= 0.3 is 108 Å². The van der Waals surface area contributed by atoms with Crippen LogP contribution in [0.3, 0.4) is 0 Å². The molecule has 0 N–H and O–H groups in total. The van der Waals surface area contributed by atoms with Crippen molar-refractivity contribution in [2.45, 2.75) is 12.8 Å². The molecule has 1 rings (SSSR count). The van der Waals surface area contributed by atoms with Crippen molar-refractivity contribution in [2.75, 3.05) is 7.11 Å². The second kappa shape index (κ2) is 45.8. The average molecular weight is 276 g/mol. The van der Waals surface area contributed by atoms with Gasteiger partial charge in [-0.1, -0.05) is 0 Å². The van der Waals surface area contributed by atoms with Crippen molar-refractivity contribution in [1.82, 2.24) is 0 Å². The van der Waals surface area contributed by atoms with Crippen molar-refractivity contribution in [3.63, 3.8) is 0 Å². The zero-order valence-corrected chi connectivity index (χ0v) is 10.1. The molecule has 0 atom stereocenters. The molecule has 0 aliphatic heterocycles.